The summed E-state index contributed by atoms with van der Waals surface area (Å²) < 4.78 is 20.4. The lowest BCUT2D eigenvalue weighted by Crippen LogP contribution is -2.17. The van der Waals surface area contributed by atoms with Crippen LogP contribution in [-0.2, 0) is 17.7 Å². The van der Waals surface area contributed by atoms with Crippen LogP contribution < -0.4 is 5.56 Å². The Morgan fingerprint density at radius 1 is 1.00 bits per heavy atom. The first-order valence-corrected chi connectivity index (χ1v) is 10.6. The lowest BCUT2D eigenvalue weighted by molar-refractivity contribution is 0.0476. The molecule has 0 fully saturated rings. The standard InChI is InChI=1S/C26H23FN2O4/c1-16-13-21(17(2)29(16)12-11-18-7-9-19(27)10-8-18)24(30)15-33-26(32)22-14-25(31)28-23-6-4-3-5-20(22)23/h3-10,13-14H,11-12,15H2,1-2H3,(H,28,31). The summed E-state index contributed by atoms with van der Waals surface area (Å²) in [6, 6.07) is 16.2. The van der Waals surface area contributed by atoms with E-state index in [9.17, 15) is 18.8 Å². The van der Waals surface area contributed by atoms with E-state index in [1.54, 1.807) is 42.5 Å². The zero-order valence-corrected chi connectivity index (χ0v) is 18.4. The minimum absolute atomic E-state index is 0.118. The number of aryl methyl sites for hydroxylation is 2. The minimum atomic E-state index is -0.726. The molecule has 0 bridgehead atoms. The monoisotopic (exact) mass is 446 g/mol. The number of hydrogen-bond donors (Lipinski definition) is 1. The normalized spacial score (nSPS) is 11.0. The van der Waals surface area contributed by atoms with E-state index in [1.807, 2.05) is 18.4 Å². The van der Waals surface area contributed by atoms with Gasteiger partial charge in [-0.2, -0.15) is 0 Å². The molecule has 0 unspecified atom stereocenters. The maximum atomic E-state index is 13.1. The third kappa shape index (κ3) is 4.77. The van der Waals surface area contributed by atoms with Crippen LogP contribution in [-0.4, -0.2) is 27.9 Å². The minimum Gasteiger partial charge on any atom is -0.454 e. The number of esters is 1. The van der Waals surface area contributed by atoms with Crippen LogP contribution in [0.15, 0.2) is 65.5 Å². The van der Waals surface area contributed by atoms with Gasteiger partial charge in [-0.25, -0.2) is 9.18 Å². The summed E-state index contributed by atoms with van der Waals surface area (Å²) >= 11 is 0. The van der Waals surface area contributed by atoms with E-state index in [1.165, 1.54) is 18.2 Å². The Morgan fingerprint density at radius 3 is 2.48 bits per heavy atom. The van der Waals surface area contributed by atoms with E-state index in [2.05, 4.69) is 4.98 Å². The number of Topliss-reactive ketones (excluding diaryl/α,β-unsaturated/α-hetero) is 1. The van der Waals surface area contributed by atoms with E-state index in [-0.39, 0.29) is 17.2 Å². The van der Waals surface area contributed by atoms with Crippen molar-refractivity contribution in [2.24, 2.45) is 0 Å². The summed E-state index contributed by atoms with van der Waals surface area (Å²) in [6.07, 6.45) is 0.689. The van der Waals surface area contributed by atoms with E-state index in [4.69, 9.17) is 4.74 Å². The van der Waals surface area contributed by atoms with Crippen molar-refractivity contribution < 1.29 is 18.7 Å². The van der Waals surface area contributed by atoms with Gasteiger partial charge < -0.3 is 14.3 Å². The predicted octanol–water partition coefficient (Wildman–Crippen LogP) is 4.37. The van der Waals surface area contributed by atoms with Crippen LogP contribution in [0.25, 0.3) is 10.9 Å². The fourth-order valence-electron chi connectivity index (χ4n) is 3.98. The van der Waals surface area contributed by atoms with Gasteiger partial charge in [0.15, 0.2) is 6.61 Å². The number of aromatic nitrogens is 2. The van der Waals surface area contributed by atoms with Gasteiger partial charge in [0.05, 0.1) is 5.56 Å². The van der Waals surface area contributed by atoms with E-state index in [0.29, 0.717) is 29.4 Å². The van der Waals surface area contributed by atoms with Gasteiger partial charge in [-0.15, -0.1) is 0 Å². The molecule has 0 spiro atoms. The number of ketones is 1. The highest BCUT2D eigenvalue weighted by Crippen LogP contribution is 2.19. The molecule has 4 aromatic rings. The number of halogens is 1. The Kier molecular flexibility index (Phi) is 6.22. The largest absolute Gasteiger partial charge is 0.454 e. The number of ether oxygens (including phenoxy) is 1. The summed E-state index contributed by atoms with van der Waals surface area (Å²) in [5.41, 5.74) is 3.38. The van der Waals surface area contributed by atoms with E-state index in [0.717, 1.165) is 17.0 Å². The smallest absolute Gasteiger partial charge is 0.339 e. The maximum absolute atomic E-state index is 13.1. The molecule has 0 radical (unpaired) electrons. The van der Waals surface area contributed by atoms with Crippen LogP contribution in [0.3, 0.4) is 0 Å². The number of carbonyl (C=O) groups excluding carboxylic acids is 2. The number of benzene rings is 2. The average molecular weight is 446 g/mol. The van der Waals surface area contributed by atoms with Crippen molar-refractivity contribution in [2.75, 3.05) is 6.61 Å². The summed E-state index contributed by atoms with van der Waals surface area (Å²) in [6.45, 7) is 3.96. The molecule has 2 aromatic carbocycles. The van der Waals surface area contributed by atoms with Crippen molar-refractivity contribution >= 4 is 22.7 Å². The van der Waals surface area contributed by atoms with Gasteiger partial charge in [-0.3, -0.25) is 9.59 Å². The van der Waals surface area contributed by atoms with Crippen molar-refractivity contribution in [3.63, 3.8) is 0 Å². The zero-order valence-electron chi connectivity index (χ0n) is 18.4. The van der Waals surface area contributed by atoms with Crippen molar-refractivity contribution in [3.8, 4) is 0 Å². The number of pyridine rings is 1. The SMILES string of the molecule is Cc1cc(C(=O)COC(=O)c2cc(=O)[nH]c3ccccc23)c(C)n1CCc1ccc(F)cc1. The number of H-pyrrole nitrogens is 1. The Balaban J connectivity index is 1.46. The molecule has 2 heterocycles. The molecule has 0 aliphatic heterocycles. The number of para-hydroxylation sites is 1. The number of aromatic amines is 1. The van der Waals surface area contributed by atoms with Crippen LogP contribution in [0.5, 0.6) is 0 Å². The highest BCUT2D eigenvalue weighted by molar-refractivity contribution is 6.05. The van der Waals surface area contributed by atoms with Gasteiger partial charge in [-0.1, -0.05) is 30.3 Å². The highest BCUT2D eigenvalue weighted by atomic mass is 19.1. The summed E-state index contributed by atoms with van der Waals surface area (Å²) in [7, 11) is 0. The number of hydrogen-bond acceptors (Lipinski definition) is 4. The van der Waals surface area contributed by atoms with Gasteiger partial charge in [0, 0.05) is 40.5 Å². The lowest BCUT2D eigenvalue weighted by atomic mass is 10.1. The molecule has 168 valence electrons. The predicted molar refractivity (Wildman–Crippen MR) is 123 cm³/mol. The van der Waals surface area contributed by atoms with Crippen LogP contribution in [0.2, 0.25) is 0 Å². The Labute approximate surface area is 189 Å². The van der Waals surface area contributed by atoms with Crippen LogP contribution in [0.1, 0.15) is 37.7 Å². The Hall–Kier alpha value is -4.00. The first-order chi connectivity index (χ1) is 15.8. The third-order valence-corrected chi connectivity index (χ3v) is 5.72. The van der Waals surface area contributed by atoms with Crippen LogP contribution in [0.4, 0.5) is 4.39 Å². The second kappa shape index (κ2) is 9.24. The van der Waals surface area contributed by atoms with Gasteiger partial charge in [-0.05, 0) is 50.1 Å². The lowest BCUT2D eigenvalue weighted by Gasteiger charge is -2.10. The first-order valence-electron chi connectivity index (χ1n) is 10.6. The van der Waals surface area contributed by atoms with Crippen molar-refractivity contribution in [3.05, 3.63) is 105 Å². The summed E-state index contributed by atoms with van der Waals surface area (Å²) in [5.74, 6) is -1.32. The molecule has 6 nitrogen and oxygen atoms in total. The average Bonchev–Trinajstić information content (AvgIpc) is 3.09. The summed E-state index contributed by atoms with van der Waals surface area (Å²) in [4.78, 5) is 40.0. The maximum Gasteiger partial charge on any atom is 0.339 e. The second-order valence-corrected chi connectivity index (χ2v) is 7.91. The molecule has 33 heavy (non-hydrogen) atoms. The van der Waals surface area contributed by atoms with Gasteiger partial charge >= 0.3 is 5.97 Å². The molecule has 2 aromatic heterocycles. The molecule has 1 N–H and O–H groups in total. The quantitative estimate of drug-likeness (QED) is 0.338. The van der Waals surface area contributed by atoms with Gasteiger partial charge in [0.2, 0.25) is 11.3 Å². The Morgan fingerprint density at radius 2 is 1.73 bits per heavy atom. The number of carbonyl (C=O) groups is 2. The molecule has 4 rings (SSSR count). The molecular weight excluding hydrogens is 423 g/mol. The number of fused-ring (bicyclic) bond motifs is 1. The topological polar surface area (TPSA) is 81.2 Å². The number of nitrogens with zero attached hydrogens (tertiary/aromatic N) is 1. The van der Waals surface area contributed by atoms with Crippen molar-refractivity contribution in [1.82, 2.24) is 9.55 Å². The zero-order chi connectivity index (χ0) is 23.5. The number of nitrogens with one attached hydrogen (secondary N) is 1. The van der Waals surface area contributed by atoms with Crippen molar-refractivity contribution in [2.45, 2.75) is 26.8 Å². The van der Waals surface area contributed by atoms with E-state index >= 15 is 0 Å². The van der Waals surface area contributed by atoms with E-state index < -0.39 is 18.1 Å². The summed E-state index contributed by atoms with van der Waals surface area (Å²) in [5, 5.41) is 0.550. The number of rotatable bonds is 7. The highest BCUT2D eigenvalue weighted by Gasteiger charge is 2.19. The Bertz CT molecular complexity index is 1400. The van der Waals surface area contributed by atoms with Gasteiger partial charge in [0.25, 0.3) is 0 Å². The molecule has 0 saturated carbocycles. The fraction of sp³-hybridized carbons (Fsp3) is 0.192. The molecule has 0 saturated heterocycles. The molecule has 0 amide bonds. The molecule has 0 aliphatic rings. The van der Waals surface area contributed by atoms with Crippen molar-refractivity contribution in [1.29, 1.82) is 0 Å². The molecule has 7 heteroatoms. The van der Waals surface area contributed by atoms with Crippen LogP contribution in [0, 0.1) is 19.7 Å². The molecule has 0 atom stereocenters. The molecular formula is C26H23FN2O4. The third-order valence-electron chi connectivity index (χ3n) is 5.72. The first kappa shape index (κ1) is 22.2. The fourth-order valence-corrected chi connectivity index (χ4v) is 3.98. The second-order valence-electron chi connectivity index (χ2n) is 7.91. The molecule has 0 aliphatic carbocycles. The van der Waals surface area contributed by atoms with Gasteiger partial charge in [0.1, 0.15) is 5.82 Å². The van der Waals surface area contributed by atoms with Crippen LogP contribution >= 0.6 is 0 Å².